The van der Waals surface area contributed by atoms with E-state index in [-0.39, 0.29) is 6.04 Å². The van der Waals surface area contributed by atoms with E-state index in [2.05, 4.69) is 99.8 Å². The van der Waals surface area contributed by atoms with Crippen molar-refractivity contribution >= 4 is 0 Å². The molecule has 4 rings (SSSR count). The maximum atomic E-state index is 4.46. The number of rotatable bonds is 8. The van der Waals surface area contributed by atoms with E-state index >= 15 is 0 Å². The fraction of sp³-hybridized carbons (Fsp3) is 0.458. The van der Waals surface area contributed by atoms with Gasteiger partial charge in [0.1, 0.15) is 0 Å². The molecular weight excluding hydrogens is 372 g/mol. The largest absolute Gasteiger partial charge is 0.297 e. The first-order valence-electron chi connectivity index (χ1n) is 11.0. The van der Waals surface area contributed by atoms with Crippen LogP contribution in [0.4, 0.5) is 0 Å². The molecule has 1 aromatic heterocycles. The summed E-state index contributed by atoms with van der Waals surface area (Å²) in [6.45, 7) is 10.6. The standard InChI is InChI=1S/C24H32N6/c1-20(2)23(24-25-26-27-30(24)14-13-21-9-5-3-6-10-21)29-17-15-28(16-18-29)19-22-11-7-4-8-12-22/h3-12,20,23H,13-19H2,1-2H3/t23-/m0/s1. The summed E-state index contributed by atoms with van der Waals surface area (Å²) in [7, 11) is 0. The molecule has 0 bridgehead atoms. The summed E-state index contributed by atoms with van der Waals surface area (Å²) in [5.41, 5.74) is 2.70. The molecule has 1 aliphatic rings. The first-order valence-corrected chi connectivity index (χ1v) is 11.0. The van der Waals surface area contributed by atoms with Gasteiger partial charge in [-0.25, -0.2) is 4.68 Å². The highest BCUT2D eigenvalue weighted by Crippen LogP contribution is 2.28. The molecule has 2 aromatic carbocycles. The maximum absolute atomic E-state index is 4.46. The van der Waals surface area contributed by atoms with Gasteiger partial charge in [0.2, 0.25) is 0 Å². The third kappa shape index (κ3) is 5.12. The lowest BCUT2D eigenvalue weighted by atomic mass is 10.0. The SMILES string of the molecule is CC(C)[C@@H](c1nnnn1CCc1ccccc1)N1CCN(Cc2ccccc2)CC1. The number of benzene rings is 2. The Bertz CT molecular complexity index is 884. The molecular formula is C24H32N6. The van der Waals surface area contributed by atoms with Crippen molar-refractivity contribution < 1.29 is 0 Å². The molecule has 0 saturated carbocycles. The van der Waals surface area contributed by atoms with Crippen molar-refractivity contribution in [1.29, 1.82) is 0 Å². The van der Waals surface area contributed by atoms with Gasteiger partial charge in [0.15, 0.2) is 5.82 Å². The average Bonchev–Trinajstić information content (AvgIpc) is 3.23. The molecule has 6 nitrogen and oxygen atoms in total. The second-order valence-electron chi connectivity index (χ2n) is 8.48. The minimum Gasteiger partial charge on any atom is -0.297 e. The molecule has 3 aromatic rings. The molecule has 30 heavy (non-hydrogen) atoms. The molecule has 1 fully saturated rings. The number of aryl methyl sites for hydroxylation is 2. The molecule has 0 N–H and O–H groups in total. The van der Waals surface area contributed by atoms with E-state index in [0.29, 0.717) is 5.92 Å². The predicted octanol–water partition coefficient (Wildman–Crippen LogP) is 3.43. The fourth-order valence-corrected chi connectivity index (χ4v) is 4.39. The van der Waals surface area contributed by atoms with Gasteiger partial charge in [0.25, 0.3) is 0 Å². The van der Waals surface area contributed by atoms with Crippen molar-refractivity contribution in [3.8, 4) is 0 Å². The Hall–Kier alpha value is -2.57. The molecule has 0 amide bonds. The van der Waals surface area contributed by atoms with Gasteiger partial charge in [-0.15, -0.1) is 5.10 Å². The van der Waals surface area contributed by atoms with Crippen LogP contribution in [0.2, 0.25) is 0 Å². The van der Waals surface area contributed by atoms with Crippen molar-refractivity contribution in [1.82, 2.24) is 30.0 Å². The van der Waals surface area contributed by atoms with E-state index < -0.39 is 0 Å². The van der Waals surface area contributed by atoms with Gasteiger partial charge in [0, 0.05) is 39.3 Å². The number of tetrazole rings is 1. The summed E-state index contributed by atoms with van der Waals surface area (Å²) in [5.74, 6) is 1.45. The third-order valence-electron chi connectivity index (χ3n) is 5.96. The van der Waals surface area contributed by atoms with Crippen LogP contribution >= 0.6 is 0 Å². The number of aromatic nitrogens is 4. The number of piperazine rings is 1. The van der Waals surface area contributed by atoms with Gasteiger partial charge in [-0.2, -0.15) is 0 Å². The zero-order valence-corrected chi connectivity index (χ0v) is 18.1. The Morgan fingerprint density at radius 2 is 1.47 bits per heavy atom. The Kier molecular flexibility index (Phi) is 6.87. The molecule has 0 spiro atoms. The summed E-state index contributed by atoms with van der Waals surface area (Å²) in [5, 5.41) is 12.8. The first kappa shape index (κ1) is 20.7. The summed E-state index contributed by atoms with van der Waals surface area (Å²) >= 11 is 0. The fourth-order valence-electron chi connectivity index (χ4n) is 4.39. The topological polar surface area (TPSA) is 50.1 Å². The van der Waals surface area contributed by atoms with Crippen molar-refractivity contribution in [2.75, 3.05) is 26.2 Å². The van der Waals surface area contributed by atoms with Crippen LogP contribution in [0.1, 0.15) is 36.8 Å². The Balaban J connectivity index is 1.39. The lowest BCUT2D eigenvalue weighted by Gasteiger charge is -2.40. The maximum Gasteiger partial charge on any atom is 0.168 e. The first-order chi connectivity index (χ1) is 14.7. The molecule has 6 heteroatoms. The van der Waals surface area contributed by atoms with E-state index in [9.17, 15) is 0 Å². The highest BCUT2D eigenvalue weighted by Gasteiger charge is 2.31. The van der Waals surface area contributed by atoms with Crippen molar-refractivity contribution in [2.45, 2.75) is 39.4 Å². The number of hydrogen-bond donors (Lipinski definition) is 0. The highest BCUT2D eigenvalue weighted by atomic mass is 15.6. The number of nitrogens with zero attached hydrogens (tertiary/aromatic N) is 6. The molecule has 0 unspecified atom stereocenters. The quantitative estimate of drug-likeness (QED) is 0.576. The van der Waals surface area contributed by atoms with Crippen molar-refractivity contribution in [3.63, 3.8) is 0 Å². The van der Waals surface area contributed by atoms with E-state index in [4.69, 9.17) is 0 Å². The van der Waals surface area contributed by atoms with Crippen LogP contribution in [0.3, 0.4) is 0 Å². The molecule has 1 saturated heterocycles. The Morgan fingerprint density at radius 1 is 0.833 bits per heavy atom. The second kappa shape index (κ2) is 9.96. The van der Waals surface area contributed by atoms with Gasteiger partial charge >= 0.3 is 0 Å². The van der Waals surface area contributed by atoms with Crippen LogP contribution in [-0.2, 0) is 19.5 Å². The summed E-state index contributed by atoms with van der Waals surface area (Å²) in [6, 6.07) is 21.5. The second-order valence-corrected chi connectivity index (χ2v) is 8.48. The third-order valence-corrected chi connectivity index (χ3v) is 5.96. The van der Waals surface area contributed by atoms with Crippen molar-refractivity contribution in [3.05, 3.63) is 77.6 Å². The lowest BCUT2D eigenvalue weighted by molar-refractivity contribution is 0.0662. The predicted molar refractivity (Wildman–Crippen MR) is 119 cm³/mol. The van der Waals surface area contributed by atoms with E-state index in [1.807, 2.05) is 4.68 Å². The van der Waals surface area contributed by atoms with Crippen LogP contribution in [-0.4, -0.2) is 56.2 Å². The van der Waals surface area contributed by atoms with Crippen LogP contribution in [0.25, 0.3) is 0 Å². The zero-order valence-electron chi connectivity index (χ0n) is 18.1. The van der Waals surface area contributed by atoms with Crippen molar-refractivity contribution in [2.24, 2.45) is 5.92 Å². The van der Waals surface area contributed by atoms with Gasteiger partial charge in [0.05, 0.1) is 6.04 Å². The van der Waals surface area contributed by atoms with Crippen LogP contribution in [0.5, 0.6) is 0 Å². The van der Waals surface area contributed by atoms with E-state index in [0.717, 1.165) is 51.5 Å². The Morgan fingerprint density at radius 3 is 2.10 bits per heavy atom. The molecule has 1 atom stereocenters. The van der Waals surface area contributed by atoms with Crippen LogP contribution in [0, 0.1) is 5.92 Å². The number of hydrogen-bond acceptors (Lipinski definition) is 5. The minimum absolute atomic E-state index is 0.245. The molecule has 158 valence electrons. The van der Waals surface area contributed by atoms with E-state index in [1.165, 1.54) is 11.1 Å². The normalized spacial score (nSPS) is 16.8. The van der Waals surface area contributed by atoms with Gasteiger partial charge in [-0.05, 0) is 33.9 Å². The molecule has 0 aliphatic carbocycles. The van der Waals surface area contributed by atoms with Gasteiger partial charge in [-0.3, -0.25) is 9.80 Å². The lowest BCUT2D eigenvalue weighted by Crippen LogP contribution is -2.48. The summed E-state index contributed by atoms with van der Waals surface area (Å²) in [6.07, 6.45) is 0.939. The Labute approximate surface area is 179 Å². The van der Waals surface area contributed by atoms with Crippen LogP contribution < -0.4 is 0 Å². The smallest absolute Gasteiger partial charge is 0.168 e. The monoisotopic (exact) mass is 404 g/mol. The van der Waals surface area contributed by atoms with Gasteiger partial charge < -0.3 is 0 Å². The summed E-state index contributed by atoms with van der Waals surface area (Å²) in [4.78, 5) is 5.11. The minimum atomic E-state index is 0.245. The van der Waals surface area contributed by atoms with Gasteiger partial charge in [-0.1, -0.05) is 74.5 Å². The zero-order chi connectivity index (χ0) is 20.8. The van der Waals surface area contributed by atoms with Crippen LogP contribution in [0.15, 0.2) is 60.7 Å². The highest BCUT2D eigenvalue weighted by molar-refractivity contribution is 5.15. The molecule has 2 heterocycles. The average molecular weight is 405 g/mol. The molecule has 0 radical (unpaired) electrons. The van der Waals surface area contributed by atoms with E-state index in [1.54, 1.807) is 0 Å². The summed E-state index contributed by atoms with van der Waals surface area (Å²) < 4.78 is 2.01. The molecule has 1 aliphatic heterocycles.